The summed E-state index contributed by atoms with van der Waals surface area (Å²) < 4.78 is 11.2. The standard InChI is InChI=1S/C17H29NO2.C4H4O4/c1-17(2)15-4-3-14(16(17)13-15)5-9-19-10-6-18-7-11-20-12-8-18;5-3(6)1-2-4(7)8/h3,15-16H,4-13H2,1-2H3;1-2H,(H,5,6)(H,7,8)/b;2-1-. The third-order valence-corrected chi connectivity index (χ3v) is 6.14. The summed E-state index contributed by atoms with van der Waals surface area (Å²) >= 11 is 0. The average Bonchev–Trinajstić information content (AvgIpc) is 2.67. The third-order valence-electron chi connectivity index (χ3n) is 6.14. The molecule has 2 N–H and O–H groups in total. The van der Waals surface area contributed by atoms with Crippen LogP contribution in [0.15, 0.2) is 23.8 Å². The average molecular weight is 395 g/mol. The number of hydrogen-bond donors (Lipinski definition) is 2. The van der Waals surface area contributed by atoms with E-state index in [0.29, 0.717) is 17.6 Å². The Morgan fingerprint density at radius 1 is 1.21 bits per heavy atom. The SMILES string of the molecule is CC1(C)C2CC=C(CCOCCN3CCOCC3)C1C2.O=C(O)/C=C\C(=O)O. The third kappa shape index (κ3) is 6.72. The maximum atomic E-state index is 9.55. The maximum absolute atomic E-state index is 9.55. The molecule has 0 aromatic carbocycles. The van der Waals surface area contributed by atoms with Gasteiger partial charge in [-0.1, -0.05) is 25.5 Å². The van der Waals surface area contributed by atoms with Crippen molar-refractivity contribution in [3.8, 4) is 0 Å². The number of carbonyl (C=O) groups is 2. The molecule has 0 spiro atoms. The van der Waals surface area contributed by atoms with Crippen molar-refractivity contribution in [2.75, 3.05) is 46.1 Å². The number of fused-ring (bicyclic) bond motifs is 1. The zero-order valence-electron chi connectivity index (χ0n) is 16.9. The molecule has 7 heteroatoms. The minimum absolute atomic E-state index is 0.553. The van der Waals surface area contributed by atoms with E-state index < -0.39 is 11.9 Å². The van der Waals surface area contributed by atoms with Gasteiger partial charge in [0.25, 0.3) is 0 Å². The molecule has 0 aromatic heterocycles. The number of allylic oxidation sites excluding steroid dienone is 1. The number of rotatable bonds is 8. The number of aliphatic carboxylic acids is 2. The van der Waals surface area contributed by atoms with Gasteiger partial charge in [-0.25, -0.2) is 9.59 Å². The molecule has 1 heterocycles. The molecule has 0 radical (unpaired) electrons. The summed E-state index contributed by atoms with van der Waals surface area (Å²) in [6.07, 6.45) is 7.48. The zero-order chi connectivity index (χ0) is 20.6. The number of morpholine rings is 1. The molecule has 2 fully saturated rings. The van der Waals surface area contributed by atoms with Gasteiger partial charge < -0.3 is 19.7 Å². The second kappa shape index (κ2) is 10.7. The second-order valence-electron chi connectivity index (χ2n) is 8.15. The molecular weight excluding hydrogens is 362 g/mol. The molecule has 3 aliphatic carbocycles. The number of carboxylic acid groups (broad SMARTS) is 2. The summed E-state index contributed by atoms with van der Waals surface area (Å²) in [5, 5.41) is 15.6. The quantitative estimate of drug-likeness (QED) is 0.370. The molecule has 2 atom stereocenters. The largest absolute Gasteiger partial charge is 0.478 e. The van der Waals surface area contributed by atoms with Crippen LogP contribution in [-0.2, 0) is 19.1 Å². The van der Waals surface area contributed by atoms with Crippen LogP contribution in [0.4, 0.5) is 0 Å². The number of ether oxygens (including phenoxy) is 2. The Labute approximate surface area is 167 Å². The van der Waals surface area contributed by atoms with E-state index in [9.17, 15) is 9.59 Å². The topological polar surface area (TPSA) is 96.3 Å². The summed E-state index contributed by atoms with van der Waals surface area (Å²) in [6, 6.07) is 0. The van der Waals surface area contributed by atoms with Crippen molar-refractivity contribution in [2.45, 2.75) is 33.1 Å². The predicted octanol–water partition coefficient (Wildman–Crippen LogP) is 2.43. The van der Waals surface area contributed by atoms with Gasteiger partial charge in [-0.05, 0) is 36.5 Å². The molecule has 4 aliphatic rings. The van der Waals surface area contributed by atoms with Crippen molar-refractivity contribution in [1.82, 2.24) is 4.90 Å². The molecule has 2 unspecified atom stereocenters. The smallest absolute Gasteiger partial charge is 0.328 e. The molecule has 1 aliphatic heterocycles. The summed E-state index contributed by atoms with van der Waals surface area (Å²) in [4.78, 5) is 21.5. The minimum atomic E-state index is -1.26. The van der Waals surface area contributed by atoms with E-state index in [1.807, 2.05) is 0 Å². The monoisotopic (exact) mass is 395 g/mol. The first-order chi connectivity index (χ1) is 13.3. The lowest BCUT2D eigenvalue weighted by Crippen LogP contribution is -2.48. The molecule has 1 saturated carbocycles. The Kier molecular flexibility index (Phi) is 8.66. The van der Waals surface area contributed by atoms with Gasteiger partial charge in [0.05, 0.1) is 26.4 Å². The first-order valence-electron chi connectivity index (χ1n) is 10.0. The fraction of sp³-hybridized carbons (Fsp3) is 0.714. The Hall–Kier alpha value is -1.70. The fourth-order valence-corrected chi connectivity index (χ4v) is 4.21. The zero-order valence-corrected chi connectivity index (χ0v) is 16.9. The van der Waals surface area contributed by atoms with Gasteiger partial charge in [0.1, 0.15) is 0 Å². The number of nitrogens with zero attached hydrogens (tertiary/aromatic N) is 1. The van der Waals surface area contributed by atoms with Gasteiger partial charge in [0.15, 0.2) is 0 Å². The lowest BCUT2D eigenvalue weighted by atomic mass is 9.48. The van der Waals surface area contributed by atoms with E-state index in [2.05, 4.69) is 24.8 Å². The van der Waals surface area contributed by atoms with Crippen molar-refractivity contribution < 1.29 is 29.3 Å². The Bertz CT molecular complexity index is 576. The Balaban J connectivity index is 0.000000300. The lowest BCUT2D eigenvalue weighted by molar-refractivity contribution is -0.134. The normalized spacial score (nSPS) is 26.0. The Morgan fingerprint density at radius 3 is 2.39 bits per heavy atom. The molecule has 4 rings (SSSR count). The highest BCUT2D eigenvalue weighted by molar-refractivity contribution is 5.89. The van der Waals surface area contributed by atoms with Crippen molar-refractivity contribution in [1.29, 1.82) is 0 Å². The van der Waals surface area contributed by atoms with Crippen molar-refractivity contribution >= 4 is 11.9 Å². The van der Waals surface area contributed by atoms with Crippen LogP contribution >= 0.6 is 0 Å². The second-order valence-corrected chi connectivity index (χ2v) is 8.15. The minimum Gasteiger partial charge on any atom is -0.478 e. The van der Waals surface area contributed by atoms with Gasteiger partial charge in [-0.15, -0.1) is 0 Å². The van der Waals surface area contributed by atoms with Crippen LogP contribution in [0.25, 0.3) is 0 Å². The molecular formula is C21H33NO6. The molecule has 2 bridgehead atoms. The fourth-order valence-electron chi connectivity index (χ4n) is 4.21. The Morgan fingerprint density at radius 2 is 1.86 bits per heavy atom. The summed E-state index contributed by atoms with van der Waals surface area (Å²) in [7, 11) is 0. The molecule has 0 aromatic rings. The van der Waals surface area contributed by atoms with E-state index >= 15 is 0 Å². The van der Waals surface area contributed by atoms with E-state index in [-0.39, 0.29) is 0 Å². The van der Waals surface area contributed by atoms with Crippen LogP contribution in [0.3, 0.4) is 0 Å². The molecule has 0 amide bonds. The molecule has 1 saturated heterocycles. The van der Waals surface area contributed by atoms with Gasteiger partial charge in [-0.2, -0.15) is 0 Å². The van der Waals surface area contributed by atoms with Crippen molar-refractivity contribution in [2.24, 2.45) is 17.3 Å². The molecule has 158 valence electrons. The number of hydrogen-bond acceptors (Lipinski definition) is 5. The lowest BCUT2D eigenvalue weighted by Gasteiger charge is -2.56. The van der Waals surface area contributed by atoms with Crippen molar-refractivity contribution in [3.05, 3.63) is 23.8 Å². The molecule has 28 heavy (non-hydrogen) atoms. The van der Waals surface area contributed by atoms with Crippen LogP contribution in [0, 0.1) is 17.3 Å². The van der Waals surface area contributed by atoms with E-state index in [0.717, 1.165) is 64.3 Å². The highest BCUT2D eigenvalue weighted by Crippen LogP contribution is 2.59. The molecule has 7 nitrogen and oxygen atoms in total. The van der Waals surface area contributed by atoms with Crippen LogP contribution < -0.4 is 0 Å². The number of carboxylic acids is 2. The highest BCUT2D eigenvalue weighted by Gasteiger charge is 2.50. The van der Waals surface area contributed by atoms with E-state index in [4.69, 9.17) is 19.7 Å². The van der Waals surface area contributed by atoms with E-state index in [1.165, 1.54) is 12.8 Å². The first-order valence-corrected chi connectivity index (χ1v) is 10.0. The maximum Gasteiger partial charge on any atom is 0.328 e. The van der Waals surface area contributed by atoms with Crippen LogP contribution in [0.5, 0.6) is 0 Å². The van der Waals surface area contributed by atoms with Crippen molar-refractivity contribution in [3.63, 3.8) is 0 Å². The summed E-state index contributed by atoms with van der Waals surface area (Å²) in [5.41, 5.74) is 2.22. The summed E-state index contributed by atoms with van der Waals surface area (Å²) in [5.74, 6) is -0.734. The van der Waals surface area contributed by atoms with Crippen LogP contribution in [-0.4, -0.2) is 73.1 Å². The highest BCUT2D eigenvalue weighted by atomic mass is 16.5. The summed E-state index contributed by atoms with van der Waals surface area (Å²) in [6.45, 7) is 11.6. The van der Waals surface area contributed by atoms with E-state index in [1.54, 1.807) is 5.57 Å². The van der Waals surface area contributed by atoms with Gasteiger partial charge in [0.2, 0.25) is 0 Å². The first kappa shape index (κ1) is 22.6. The van der Waals surface area contributed by atoms with Gasteiger partial charge in [-0.3, -0.25) is 4.90 Å². The predicted molar refractivity (Wildman–Crippen MR) is 105 cm³/mol. The van der Waals surface area contributed by atoms with Crippen LogP contribution in [0.1, 0.15) is 33.1 Å². The van der Waals surface area contributed by atoms with Gasteiger partial charge >= 0.3 is 11.9 Å². The van der Waals surface area contributed by atoms with Gasteiger partial charge in [0, 0.05) is 31.8 Å². The van der Waals surface area contributed by atoms with Crippen LogP contribution in [0.2, 0.25) is 0 Å².